The molecule has 0 radical (unpaired) electrons. The van der Waals surface area contributed by atoms with Gasteiger partial charge in [0, 0.05) is 16.9 Å². The molecule has 1 aliphatic rings. The molecule has 1 heterocycles. The van der Waals surface area contributed by atoms with Gasteiger partial charge in [-0.15, -0.1) is 0 Å². The first-order valence-electron chi connectivity index (χ1n) is 9.91. The average Bonchev–Trinajstić information content (AvgIpc) is 2.83. The number of rotatable bonds is 6. The van der Waals surface area contributed by atoms with E-state index in [1.54, 1.807) is 19.1 Å². The zero-order valence-electron chi connectivity index (χ0n) is 18.6. The highest BCUT2D eigenvalue weighted by Gasteiger charge is 2.33. The van der Waals surface area contributed by atoms with E-state index in [0.717, 1.165) is 12.1 Å². The number of ether oxygens (including phenoxy) is 3. The highest BCUT2D eigenvalue weighted by molar-refractivity contribution is 6.07. The molecule has 0 saturated carbocycles. The number of carbonyl (C=O) groups is 4. The second-order valence-electron chi connectivity index (χ2n) is 7.21. The molecule has 2 aromatic rings. The number of nitrogens with zero attached hydrogens (tertiary/aromatic N) is 1. The van der Waals surface area contributed by atoms with Crippen LogP contribution >= 0.6 is 0 Å². The van der Waals surface area contributed by atoms with Gasteiger partial charge in [0.1, 0.15) is 23.7 Å². The molecule has 2 aromatic carbocycles. The van der Waals surface area contributed by atoms with E-state index in [4.69, 9.17) is 19.3 Å². The lowest BCUT2D eigenvalue weighted by molar-refractivity contribution is -0.140. The van der Waals surface area contributed by atoms with Gasteiger partial charge >= 0.3 is 17.9 Å². The van der Waals surface area contributed by atoms with Crippen molar-refractivity contribution >= 4 is 35.2 Å². The van der Waals surface area contributed by atoms with Gasteiger partial charge in [-0.1, -0.05) is 6.07 Å². The number of phenols is 1. The first-order chi connectivity index (χ1) is 16.2. The van der Waals surface area contributed by atoms with Crippen molar-refractivity contribution in [2.45, 2.75) is 6.92 Å². The Morgan fingerprint density at radius 3 is 2.38 bits per heavy atom. The summed E-state index contributed by atoms with van der Waals surface area (Å²) in [5.74, 6) is -3.88. The number of esters is 2. The summed E-state index contributed by atoms with van der Waals surface area (Å²) in [7, 11) is 2.36. The molecule has 0 saturated heterocycles. The molecule has 1 amide bonds. The summed E-state index contributed by atoms with van der Waals surface area (Å²) < 4.78 is 15.1. The molecule has 0 unspecified atom stereocenters. The third-order valence-corrected chi connectivity index (χ3v) is 5.08. The van der Waals surface area contributed by atoms with E-state index < -0.39 is 29.6 Å². The highest BCUT2D eigenvalue weighted by Crippen LogP contribution is 2.30. The minimum Gasteiger partial charge on any atom is -0.507 e. The van der Waals surface area contributed by atoms with Crippen molar-refractivity contribution in [1.29, 1.82) is 0 Å². The molecule has 0 fully saturated rings. The van der Waals surface area contributed by atoms with Crippen LogP contribution in [0.15, 0.2) is 47.7 Å². The zero-order chi connectivity index (χ0) is 25.0. The lowest BCUT2D eigenvalue weighted by atomic mass is 10.1. The van der Waals surface area contributed by atoms with E-state index in [1.165, 1.54) is 31.3 Å². The van der Waals surface area contributed by atoms with Crippen LogP contribution < -0.4 is 10.2 Å². The number of amides is 1. The fourth-order valence-corrected chi connectivity index (χ4v) is 3.36. The van der Waals surface area contributed by atoms with Gasteiger partial charge in [0.2, 0.25) is 0 Å². The van der Waals surface area contributed by atoms with Crippen molar-refractivity contribution < 1.29 is 43.6 Å². The van der Waals surface area contributed by atoms with Crippen molar-refractivity contribution in [1.82, 2.24) is 0 Å². The van der Waals surface area contributed by atoms with Crippen LogP contribution in [0.1, 0.15) is 26.3 Å². The monoisotopic (exact) mass is 470 g/mol. The van der Waals surface area contributed by atoms with E-state index in [1.807, 2.05) is 0 Å². The van der Waals surface area contributed by atoms with Crippen LogP contribution in [-0.2, 0) is 23.8 Å². The smallest absolute Gasteiger partial charge is 0.355 e. The second kappa shape index (κ2) is 10.0. The molecule has 178 valence electrons. The van der Waals surface area contributed by atoms with Gasteiger partial charge in [0.05, 0.1) is 26.4 Å². The number of aromatic hydroxyl groups is 1. The summed E-state index contributed by atoms with van der Waals surface area (Å²) in [5, 5.41) is 21.4. The number of benzene rings is 2. The standard InChI is InChI=1S/C23H22N2O9/c1-12-4-5-13(20(27)24-14-6-7-18(26)15(9-14)21(28)29)8-17(12)25-11-34-10-16(22(30)32-2)19(25)23(31)33-3/h4-9,26H,10-11H2,1-3H3,(H,24,27)(H,28,29). The summed E-state index contributed by atoms with van der Waals surface area (Å²) in [6, 6.07) is 8.32. The SMILES string of the molecule is COC(=O)C1=C(C(=O)OC)N(c2cc(C(=O)Nc3ccc(O)c(C(=O)O)c3)ccc2C)COC1. The number of anilines is 2. The largest absolute Gasteiger partial charge is 0.507 e. The Bertz CT molecular complexity index is 1200. The molecule has 11 heteroatoms. The van der Waals surface area contributed by atoms with Crippen LogP contribution in [0.2, 0.25) is 0 Å². The molecule has 3 rings (SSSR count). The van der Waals surface area contributed by atoms with E-state index in [-0.39, 0.29) is 41.4 Å². The fourth-order valence-electron chi connectivity index (χ4n) is 3.36. The Morgan fingerprint density at radius 2 is 1.74 bits per heavy atom. The highest BCUT2D eigenvalue weighted by atomic mass is 16.5. The second-order valence-corrected chi connectivity index (χ2v) is 7.21. The van der Waals surface area contributed by atoms with Crippen LogP contribution in [0.3, 0.4) is 0 Å². The van der Waals surface area contributed by atoms with Crippen molar-refractivity contribution in [2.24, 2.45) is 0 Å². The number of hydrogen-bond donors (Lipinski definition) is 3. The number of aryl methyl sites for hydroxylation is 1. The zero-order valence-corrected chi connectivity index (χ0v) is 18.6. The number of nitrogens with one attached hydrogen (secondary N) is 1. The van der Waals surface area contributed by atoms with Crippen LogP contribution in [-0.4, -0.2) is 61.6 Å². The van der Waals surface area contributed by atoms with Gasteiger partial charge in [-0.05, 0) is 42.8 Å². The molecule has 11 nitrogen and oxygen atoms in total. The number of carboxylic acid groups (broad SMARTS) is 1. The van der Waals surface area contributed by atoms with Crippen molar-refractivity contribution in [2.75, 3.05) is 37.8 Å². The van der Waals surface area contributed by atoms with Gasteiger partial charge in [0.25, 0.3) is 5.91 Å². The normalized spacial score (nSPS) is 13.3. The molecule has 0 atom stereocenters. The van der Waals surface area contributed by atoms with Crippen molar-refractivity contribution in [3.05, 3.63) is 64.4 Å². The molecular formula is C23H22N2O9. The first kappa shape index (κ1) is 24.3. The summed E-state index contributed by atoms with van der Waals surface area (Å²) in [6.07, 6.45) is 0. The third kappa shape index (κ3) is 4.84. The summed E-state index contributed by atoms with van der Waals surface area (Å²) in [5.41, 5.74) is 0.963. The molecule has 34 heavy (non-hydrogen) atoms. The molecule has 1 aliphatic heterocycles. The predicted octanol–water partition coefficient (Wildman–Crippen LogP) is 2.05. The maximum atomic E-state index is 12.9. The molecule has 0 spiro atoms. The number of carboxylic acids is 1. The van der Waals surface area contributed by atoms with E-state index in [9.17, 15) is 24.3 Å². The van der Waals surface area contributed by atoms with Crippen LogP contribution in [0.4, 0.5) is 11.4 Å². The van der Waals surface area contributed by atoms with Gasteiger partial charge in [-0.2, -0.15) is 0 Å². The number of aromatic carboxylic acids is 1. The Balaban J connectivity index is 1.99. The van der Waals surface area contributed by atoms with E-state index in [2.05, 4.69) is 5.32 Å². The summed E-state index contributed by atoms with van der Waals surface area (Å²) in [6.45, 7) is 1.51. The van der Waals surface area contributed by atoms with Gasteiger partial charge in [-0.3, -0.25) is 4.79 Å². The Morgan fingerprint density at radius 1 is 1.03 bits per heavy atom. The first-order valence-corrected chi connectivity index (χ1v) is 9.91. The maximum absolute atomic E-state index is 12.9. The van der Waals surface area contributed by atoms with E-state index in [0.29, 0.717) is 11.3 Å². The summed E-state index contributed by atoms with van der Waals surface area (Å²) in [4.78, 5) is 50.3. The Labute approximate surface area is 194 Å². The Kier molecular flexibility index (Phi) is 7.17. The predicted molar refractivity (Wildman–Crippen MR) is 119 cm³/mol. The number of hydrogen-bond acceptors (Lipinski definition) is 9. The van der Waals surface area contributed by atoms with Crippen molar-refractivity contribution in [3.8, 4) is 5.75 Å². The minimum absolute atomic E-state index is 0.0276. The van der Waals surface area contributed by atoms with Gasteiger partial charge in [-0.25, -0.2) is 14.4 Å². The lowest BCUT2D eigenvalue weighted by Gasteiger charge is -2.32. The van der Waals surface area contributed by atoms with Crippen LogP contribution in [0, 0.1) is 6.92 Å². The number of carbonyl (C=O) groups excluding carboxylic acids is 3. The van der Waals surface area contributed by atoms with E-state index >= 15 is 0 Å². The van der Waals surface area contributed by atoms with Crippen molar-refractivity contribution in [3.63, 3.8) is 0 Å². The fraction of sp³-hybridized carbons (Fsp3) is 0.217. The molecule has 3 N–H and O–H groups in total. The molecule has 0 bridgehead atoms. The van der Waals surface area contributed by atoms with Crippen LogP contribution in [0.5, 0.6) is 5.75 Å². The lowest BCUT2D eigenvalue weighted by Crippen LogP contribution is -2.39. The quantitative estimate of drug-likeness (QED) is 0.422. The van der Waals surface area contributed by atoms with Crippen LogP contribution in [0.25, 0.3) is 0 Å². The number of methoxy groups -OCH3 is 2. The Hall–Kier alpha value is -4.38. The third-order valence-electron chi connectivity index (χ3n) is 5.08. The molecule has 0 aromatic heterocycles. The maximum Gasteiger partial charge on any atom is 0.355 e. The molecular weight excluding hydrogens is 448 g/mol. The van der Waals surface area contributed by atoms with Gasteiger partial charge < -0.3 is 34.6 Å². The molecule has 0 aliphatic carbocycles. The average molecular weight is 470 g/mol. The minimum atomic E-state index is -1.35. The van der Waals surface area contributed by atoms with Gasteiger partial charge in [0.15, 0.2) is 0 Å². The topological polar surface area (TPSA) is 152 Å². The summed E-state index contributed by atoms with van der Waals surface area (Å²) >= 11 is 0.